The van der Waals surface area contributed by atoms with Gasteiger partial charge in [-0.25, -0.2) is 10.6 Å². The first-order valence-corrected chi connectivity index (χ1v) is 13.5. The van der Waals surface area contributed by atoms with Gasteiger partial charge in [-0.15, -0.1) is 0 Å². The summed E-state index contributed by atoms with van der Waals surface area (Å²) in [5, 5.41) is 4.45. The highest BCUT2D eigenvalue weighted by Gasteiger charge is 2.51. The first-order valence-electron chi connectivity index (χ1n) is 13.5. The van der Waals surface area contributed by atoms with Crippen LogP contribution in [0.2, 0.25) is 0 Å². The van der Waals surface area contributed by atoms with Crippen LogP contribution in [-0.2, 0) is 25.4 Å². The summed E-state index contributed by atoms with van der Waals surface area (Å²) >= 11 is 0. The van der Waals surface area contributed by atoms with Crippen molar-refractivity contribution in [3.8, 4) is 0 Å². The molecular weight excluding hydrogens is 497 g/mol. The molecule has 1 aromatic rings. The van der Waals surface area contributed by atoms with E-state index >= 15 is 0 Å². The van der Waals surface area contributed by atoms with E-state index in [0.29, 0.717) is 19.5 Å². The fourth-order valence-electron chi connectivity index (χ4n) is 4.23. The quantitative estimate of drug-likeness (QED) is 0.229. The zero-order valence-corrected chi connectivity index (χ0v) is 25.2. The van der Waals surface area contributed by atoms with Crippen LogP contribution in [0.25, 0.3) is 0 Å². The van der Waals surface area contributed by atoms with Gasteiger partial charge in [0.05, 0.1) is 17.2 Å². The molecule has 1 unspecified atom stereocenters. The summed E-state index contributed by atoms with van der Waals surface area (Å²) in [6, 6.07) is 5.51. The third kappa shape index (κ3) is 7.26. The summed E-state index contributed by atoms with van der Waals surface area (Å²) in [6.45, 7) is 20.0. The molecule has 0 radical (unpaired) electrons. The number of fused-ring (bicyclic) bond motifs is 1. The van der Waals surface area contributed by atoms with Crippen LogP contribution in [0.15, 0.2) is 30.1 Å². The molecule has 0 bridgehead atoms. The summed E-state index contributed by atoms with van der Waals surface area (Å²) in [6.07, 6.45) is 1.50. The van der Waals surface area contributed by atoms with E-state index in [4.69, 9.17) is 25.6 Å². The average Bonchev–Trinajstić information content (AvgIpc) is 2.90. The van der Waals surface area contributed by atoms with Gasteiger partial charge in [0.25, 0.3) is 5.91 Å². The molecule has 216 valence electrons. The van der Waals surface area contributed by atoms with Crippen LogP contribution in [0.5, 0.6) is 0 Å². The van der Waals surface area contributed by atoms with E-state index in [1.807, 2.05) is 87.4 Å². The van der Waals surface area contributed by atoms with Crippen molar-refractivity contribution in [3.63, 3.8) is 0 Å². The number of carbonyl (C=O) groups is 2. The SMILES string of the molecule is CC(C)(C)OC(=O)N1CCC(NC(=O)/C(N)=C/N(N)C(C)(C)C)c2ccc(B3OC(C)(C)C(C)(C)O3)cc2C1. The third-order valence-corrected chi connectivity index (χ3v) is 7.39. The number of hydrogen-bond donors (Lipinski definition) is 3. The number of benzene rings is 1. The summed E-state index contributed by atoms with van der Waals surface area (Å²) in [7, 11) is -0.557. The molecule has 39 heavy (non-hydrogen) atoms. The summed E-state index contributed by atoms with van der Waals surface area (Å²) < 4.78 is 18.2. The predicted molar refractivity (Wildman–Crippen MR) is 152 cm³/mol. The number of nitrogens with two attached hydrogens (primary N) is 2. The Balaban J connectivity index is 1.93. The Bertz CT molecular complexity index is 1110. The van der Waals surface area contributed by atoms with E-state index in [-0.39, 0.29) is 11.7 Å². The molecule has 3 rings (SSSR count). The molecule has 2 aliphatic rings. The van der Waals surface area contributed by atoms with E-state index in [1.165, 1.54) is 11.2 Å². The molecule has 0 saturated carbocycles. The third-order valence-electron chi connectivity index (χ3n) is 7.39. The number of hydrazine groups is 1. The number of rotatable bonds is 4. The van der Waals surface area contributed by atoms with Crippen LogP contribution in [0.4, 0.5) is 4.79 Å². The van der Waals surface area contributed by atoms with Gasteiger partial charge < -0.3 is 35.0 Å². The monoisotopic (exact) mass is 543 g/mol. The van der Waals surface area contributed by atoms with Crippen molar-refractivity contribution in [2.75, 3.05) is 6.54 Å². The molecule has 0 aliphatic carbocycles. The first-order chi connectivity index (χ1) is 17.7. The Morgan fingerprint density at radius 1 is 1.13 bits per heavy atom. The summed E-state index contributed by atoms with van der Waals surface area (Å²) in [5.41, 5.74) is 6.68. The largest absolute Gasteiger partial charge is 0.494 e. The molecule has 1 atom stereocenters. The fraction of sp³-hybridized carbons (Fsp3) is 0.643. The minimum atomic E-state index is -0.634. The van der Waals surface area contributed by atoms with Crippen molar-refractivity contribution in [1.82, 2.24) is 15.2 Å². The molecular formula is C28H46BN5O5. The number of nitrogens with zero attached hydrogens (tertiary/aromatic N) is 2. The summed E-state index contributed by atoms with van der Waals surface area (Å²) in [5.74, 6) is 5.62. The predicted octanol–water partition coefficient (Wildman–Crippen LogP) is 3.06. The minimum Gasteiger partial charge on any atom is -0.444 e. The Labute approximate surface area is 233 Å². The van der Waals surface area contributed by atoms with Gasteiger partial charge in [-0.2, -0.15) is 0 Å². The molecule has 11 heteroatoms. The van der Waals surface area contributed by atoms with Gasteiger partial charge in [-0.3, -0.25) is 4.79 Å². The normalized spacial score (nSPS) is 21.2. The van der Waals surface area contributed by atoms with Crippen LogP contribution in [0.3, 0.4) is 0 Å². The van der Waals surface area contributed by atoms with Crippen molar-refractivity contribution in [1.29, 1.82) is 0 Å². The minimum absolute atomic E-state index is 0.00365. The van der Waals surface area contributed by atoms with Gasteiger partial charge in [-0.05, 0) is 92.2 Å². The van der Waals surface area contributed by atoms with Crippen molar-refractivity contribution < 1.29 is 23.6 Å². The Morgan fingerprint density at radius 2 is 1.72 bits per heavy atom. The van der Waals surface area contributed by atoms with E-state index in [2.05, 4.69) is 5.32 Å². The maximum Gasteiger partial charge on any atom is 0.494 e. The number of ether oxygens (including phenoxy) is 1. The maximum absolute atomic E-state index is 13.1. The average molecular weight is 544 g/mol. The van der Waals surface area contributed by atoms with E-state index in [9.17, 15) is 9.59 Å². The van der Waals surface area contributed by atoms with Crippen molar-refractivity contribution in [2.45, 2.75) is 111 Å². The molecule has 5 N–H and O–H groups in total. The lowest BCUT2D eigenvalue weighted by atomic mass is 9.77. The first kappa shape index (κ1) is 30.8. The summed E-state index contributed by atoms with van der Waals surface area (Å²) in [4.78, 5) is 27.8. The molecule has 2 amide bonds. The standard InChI is InChI=1S/C28H46BN5O5/c1-25(2,3)34(31)17-21(30)23(35)32-22-13-14-33(24(36)37-26(4,5)6)16-18-15-19(11-12-20(18)22)29-38-27(7,8)28(9,10)39-29/h11-12,15,17,22H,13-14,16,30-31H2,1-10H3,(H,32,35)/b21-17-. The second kappa shape index (κ2) is 10.7. The van der Waals surface area contributed by atoms with Crippen LogP contribution in [0.1, 0.15) is 92.8 Å². The Hall–Kier alpha value is -2.76. The van der Waals surface area contributed by atoms with Crippen molar-refractivity contribution in [2.24, 2.45) is 11.6 Å². The van der Waals surface area contributed by atoms with Gasteiger partial charge in [0.15, 0.2) is 0 Å². The van der Waals surface area contributed by atoms with Gasteiger partial charge in [0, 0.05) is 24.8 Å². The number of amides is 2. The van der Waals surface area contributed by atoms with Crippen LogP contribution >= 0.6 is 0 Å². The molecule has 1 fully saturated rings. The smallest absolute Gasteiger partial charge is 0.444 e. The molecule has 1 aromatic carbocycles. The zero-order chi connectivity index (χ0) is 29.6. The van der Waals surface area contributed by atoms with Gasteiger partial charge in [0.1, 0.15) is 11.3 Å². The Morgan fingerprint density at radius 3 is 2.26 bits per heavy atom. The van der Waals surface area contributed by atoms with Gasteiger partial charge in [0.2, 0.25) is 0 Å². The molecule has 2 aliphatic heterocycles. The lowest BCUT2D eigenvalue weighted by molar-refractivity contribution is -0.118. The maximum atomic E-state index is 13.1. The van der Waals surface area contributed by atoms with E-state index in [0.717, 1.165) is 16.6 Å². The van der Waals surface area contributed by atoms with Crippen molar-refractivity contribution >= 4 is 24.6 Å². The van der Waals surface area contributed by atoms with Gasteiger partial charge >= 0.3 is 13.2 Å². The van der Waals surface area contributed by atoms with Crippen LogP contribution in [-0.4, -0.2) is 57.9 Å². The van der Waals surface area contributed by atoms with Crippen LogP contribution in [0, 0.1) is 0 Å². The number of carbonyl (C=O) groups excluding carboxylic acids is 2. The topological polar surface area (TPSA) is 132 Å². The molecule has 0 spiro atoms. The molecule has 10 nitrogen and oxygen atoms in total. The van der Waals surface area contributed by atoms with E-state index < -0.39 is 41.5 Å². The highest BCUT2D eigenvalue weighted by Crippen LogP contribution is 2.37. The lowest BCUT2D eigenvalue weighted by Crippen LogP contribution is -2.44. The van der Waals surface area contributed by atoms with Crippen LogP contribution < -0.4 is 22.4 Å². The lowest BCUT2D eigenvalue weighted by Gasteiger charge is -2.32. The molecule has 1 saturated heterocycles. The Kier molecular flexibility index (Phi) is 8.42. The molecule has 0 aromatic heterocycles. The second-order valence-corrected chi connectivity index (χ2v) is 13.4. The second-order valence-electron chi connectivity index (χ2n) is 13.4. The highest BCUT2D eigenvalue weighted by molar-refractivity contribution is 6.62. The van der Waals surface area contributed by atoms with E-state index in [1.54, 1.807) is 4.90 Å². The van der Waals surface area contributed by atoms with Gasteiger partial charge in [-0.1, -0.05) is 18.2 Å². The fourth-order valence-corrected chi connectivity index (χ4v) is 4.23. The zero-order valence-electron chi connectivity index (χ0n) is 25.2. The highest BCUT2D eigenvalue weighted by atomic mass is 16.7. The molecule has 2 heterocycles. The van der Waals surface area contributed by atoms with Crippen molar-refractivity contribution in [3.05, 3.63) is 41.2 Å². The number of hydrogen-bond acceptors (Lipinski definition) is 8. The number of nitrogens with one attached hydrogen (secondary N) is 1.